The number of rotatable bonds is 9. The van der Waals surface area contributed by atoms with Crippen LogP contribution in [0.1, 0.15) is 52.5 Å². The lowest BCUT2D eigenvalue weighted by Gasteiger charge is -2.21. The van der Waals surface area contributed by atoms with E-state index < -0.39 is 0 Å². The molecule has 0 amide bonds. The van der Waals surface area contributed by atoms with Crippen molar-refractivity contribution in [2.24, 2.45) is 0 Å². The molecule has 1 rings (SSSR count). The Hall–Kier alpha value is -1.26. The van der Waals surface area contributed by atoms with E-state index in [4.69, 9.17) is 18.9 Å². The summed E-state index contributed by atoms with van der Waals surface area (Å²) in [5.41, 5.74) is 1.23. The molecule has 0 aromatic heterocycles. The molecule has 0 aliphatic heterocycles. The third kappa shape index (κ3) is 5.56. The molecule has 4 nitrogen and oxygen atoms in total. The normalized spacial score (nSPS) is 15.3. The van der Waals surface area contributed by atoms with Gasteiger partial charge in [-0.3, -0.25) is 0 Å². The molecule has 0 aliphatic carbocycles. The van der Waals surface area contributed by atoms with E-state index in [1.54, 1.807) is 7.11 Å². The lowest BCUT2D eigenvalue weighted by Crippen LogP contribution is -2.18. The Kier molecular flexibility index (Phi) is 7.54. The first-order valence-corrected chi connectivity index (χ1v) is 7.63. The van der Waals surface area contributed by atoms with Gasteiger partial charge < -0.3 is 18.9 Å². The van der Waals surface area contributed by atoms with E-state index >= 15 is 0 Å². The van der Waals surface area contributed by atoms with Crippen molar-refractivity contribution in [3.8, 4) is 11.5 Å². The molecule has 0 radical (unpaired) electrons. The fourth-order valence-electron chi connectivity index (χ4n) is 1.93. The van der Waals surface area contributed by atoms with Gasteiger partial charge >= 0.3 is 0 Å². The molecule has 0 N–H and O–H groups in total. The van der Waals surface area contributed by atoms with Crippen LogP contribution in [0, 0.1) is 0 Å². The predicted molar refractivity (Wildman–Crippen MR) is 84.0 cm³/mol. The van der Waals surface area contributed by atoms with Crippen molar-refractivity contribution in [1.82, 2.24) is 0 Å². The summed E-state index contributed by atoms with van der Waals surface area (Å²) >= 11 is 0. The molecule has 1 aromatic carbocycles. The first-order valence-electron chi connectivity index (χ1n) is 7.63. The van der Waals surface area contributed by atoms with E-state index in [-0.39, 0.29) is 12.6 Å². The first-order chi connectivity index (χ1) is 10.0. The Balaban J connectivity index is 2.98. The van der Waals surface area contributed by atoms with E-state index in [2.05, 4.69) is 19.9 Å². The minimum absolute atomic E-state index is 0.315. The third-order valence-corrected chi connectivity index (χ3v) is 3.47. The Labute approximate surface area is 128 Å². The zero-order valence-corrected chi connectivity index (χ0v) is 14.0. The highest BCUT2D eigenvalue weighted by molar-refractivity contribution is 5.44. The van der Waals surface area contributed by atoms with Gasteiger partial charge in [-0.1, -0.05) is 19.9 Å². The second-order valence-electron chi connectivity index (χ2n) is 5.08. The molecule has 3 unspecified atom stereocenters. The molecule has 4 heteroatoms. The second-order valence-corrected chi connectivity index (χ2v) is 5.08. The average molecular weight is 296 g/mol. The topological polar surface area (TPSA) is 36.9 Å². The fourth-order valence-corrected chi connectivity index (χ4v) is 1.93. The molecule has 0 heterocycles. The molecule has 0 aliphatic rings. The SMILES string of the molecule is CCOC(C)Oc1ccc(C(C)CC)cc1OC(C)OC. The Morgan fingerprint density at radius 2 is 1.62 bits per heavy atom. The minimum Gasteiger partial charge on any atom is -0.461 e. The van der Waals surface area contributed by atoms with Crippen LogP contribution in [0.2, 0.25) is 0 Å². The molecule has 0 saturated carbocycles. The first kappa shape index (κ1) is 17.8. The van der Waals surface area contributed by atoms with Crippen molar-refractivity contribution in [1.29, 1.82) is 0 Å². The van der Waals surface area contributed by atoms with E-state index in [0.717, 1.165) is 6.42 Å². The summed E-state index contributed by atoms with van der Waals surface area (Å²) in [6.45, 7) is 10.6. The summed E-state index contributed by atoms with van der Waals surface area (Å²) in [6, 6.07) is 6.04. The maximum Gasteiger partial charge on any atom is 0.197 e. The summed E-state index contributed by atoms with van der Waals surface area (Å²) in [5, 5.41) is 0. The monoisotopic (exact) mass is 296 g/mol. The molecule has 1 aromatic rings. The van der Waals surface area contributed by atoms with Crippen molar-refractivity contribution in [3.05, 3.63) is 23.8 Å². The van der Waals surface area contributed by atoms with Crippen LogP contribution in [0.5, 0.6) is 11.5 Å². The molecule has 21 heavy (non-hydrogen) atoms. The molecule has 120 valence electrons. The highest BCUT2D eigenvalue weighted by atomic mass is 16.7. The van der Waals surface area contributed by atoms with Gasteiger partial charge in [0.2, 0.25) is 0 Å². The Morgan fingerprint density at radius 3 is 2.19 bits per heavy atom. The van der Waals surface area contributed by atoms with Gasteiger partial charge in [-0.2, -0.15) is 0 Å². The minimum atomic E-state index is -0.332. The average Bonchev–Trinajstić information content (AvgIpc) is 2.48. The lowest BCUT2D eigenvalue weighted by molar-refractivity contribution is -0.0696. The largest absolute Gasteiger partial charge is 0.461 e. The van der Waals surface area contributed by atoms with Gasteiger partial charge in [-0.05, 0) is 50.8 Å². The van der Waals surface area contributed by atoms with E-state index in [1.165, 1.54) is 5.56 Å². The predicted octanol–water partition coefficient (Wildman–Crippen LogP) is 4.33. The van der Waals surface area contributed by atoms with E-state index in [9.17, 15) is 0 Å². The van der Waals surface area contributed by atoms with Crippen LogP contribution in [0.3, 0.4) is 0 Å². The number of benzene rings is 1. The quantitative estimate of drug-likeness (QED) is 0.635. The standard InChI is InChI=1S/C17H28O4/c1-7-12(3)15-9-10-16(21-14(5)19-8-2)17(11-15)20-13(4)18-6/h9-14H,7-8H2,1-6H3. The van der Waals surface area contributed by atoms with Crippen LogP contribution in [-0.4, -0.2) is 26.3 Å². The van der Waals surface area contributed by atoms with Gasteiger partial charge in [0.15, 0.2) is 24.1 Å². The van der Waals surface area contributed by atoms with E-state index in [1.807, 2.05) is 32.9 Å². The summed E-state index contributed by atoms with van der Waals surface area (Å²) in [5.74, 6) is 1.84. The summed E-state index contributed by atoms with van der Waals surface area (Å²) in [7, 11) is 1.62. The summed E-state index contributed by atoms with van der Waals surface area (Å²) in [4.78, 5) is 0. The van der Waals surface area contributed by atoms with Gasteiger partial charge in [0.1, 0.15) is 0 Å². The smallest absolute Gasteiger partial charge is 0.197 e. The van der Waals surface area contributed by atoms with Gasteiger partial charge in [0, 0.05) is 13.7 Å². The van der Waals surface area contributed by atoms with Crippen LogP contribution in [-0.2, 0) is 9.47 Å². The maximum atomic E-state index is 5.81. The van der Waals surface area contributed by atoms with Gasteiger partial charge in [0.05, 0.1) is 0 Å². The van der Waals surface area contributed by atoms with Crippen molar-refractivity contribution < 1.29 is 18.9 Å². The summed E-state index contributed by atoms with van der Waals surface area (Å²) in [6.07, 6.45) is 0.432. The van der Waals surface area contributed by atoms with Gasteiger partial charge in [-0.25, -0.2) is 0 Å². The fraction of sp³-hybridized carbons (Fsp3) is 0.647. The van der Waals surface area contributed by atoms with Crippen molar-refractivity contribution >= 4 is 0 Å². The number of methoxy groups -OCH3 is 1. The van der Waals surface area contributed by atoms with Crippen molar-refractivity contribution in [2.75, 3.05) is 13.7 Å². The number of ether oxygens (including phenoxy) is 4. The molecular formula is C17H28O4. The molecule has 0 saturated heterocycles. The number of hydrogen-bond donors (Lipinski definition) is 0. The molecule has 3 atom stereocenters. The molecular weight excluding hydrogens is 268 g/mol. The molecule has 0 spiro atoms. The van der Waals surface area contributed by atoms with Crippen molar-refractivity contribution in [2.45, 2.75) is 59.5 Å². The Morgan fingerprint density at radius 1 is 0.952 bits per heavy atom. The maximum absolute atomic E-state index is 5.81. The molecule has 0 fully saturated rings. The van der Waals surface area contributed by atoms with Crippen LogP contribution in [0.25, 0.3) is 0 Å². The van der Waals surface area contributed by atoms with Crippen LogP contribution >= 0.6 is 0 Å². The second kappa shape index (κ2) is 8.90. The lowest BCUT2D eigenvalue weighted by atomic mass is 9.98. The van der Waals surface area contributed by atoms with Gasteiger partial charge in [-0.15, -0.1) is 0 Å². The Bertz CT molecular complexity index is 419. The zero-order chi connectivity index (χ0) is 15.8. The highest BCUT2D eigenvalue weighted by Crippen LogP contribution is 2.33. The van der Waals surface area contributed by atoms with Crippen LogP contribution in [0.15, 0.2) is 18.2 Å². The zero-order valence-electron chi connectivity index (χ0n) is 14.0. The van der Waals surface area contributed by atoms with Crippen LogP contribution < -0.4 is 9.47 Å². The van der Waals surface area contributed by atoms with E-state index in [0.29, 0.717) is 24.0 Å². The highest BCUT2D eigenvalue weighted by Gasteiger charge is 2.15. The number of hydrogen-bond acceptors (Lipinski definition) is 4. The molecule has 0 bridgehead atoms. The summed E-state index contributed by atoms with van der Waals surface area (Å²) < 4.78 is 22.2. The van der Waals surface area contributed by atoms with Gasteiger partial charge in [0.25, 0.3) is 0 Å². The van der Waals surface area contributed by atoms with Crippen molar-refractivity contribution in [3.63, 3.8) is 0 Å². The van der Waals surface area contributed by atoms with Crippen LogP contribution in [0.4, 0.5) is 0 Å². The third-order valence-electron chi connectivity index (χ3n) is 3.47.